The summed E-state index contributed by atoms with van der Waals surface area (Å²) >= 11 is 0. The summed E-state index contributed by atoms with van der Waals surface area (Å²) in [6, 6.07) is 42.3. The Kier molecular flexibility index (Phi) is 13.0. The second kappa shape index (κ2) is 19.2. The monoisotopic (exact) mass is 814 g/mol. The molecule has 8 rings (SSSR count). The van der Waals surface area contributed by atoms with Gasteiger partial charge in [-0.05, 0) is 55.0 Å². The molecule has 0 amide bonds. The first kappa shape index (κ1) is 40.6. The Morgan fingerprint density at radius 3 is 1.52 bits per heavy atom. The van der Waals surface area contributed by atoms with Gasteiger partial charge in [0.25, 0.3) is 0 Å². The molecule has 5 aromatic rings. The lowest BCUT2D eigenvalue weighted by Crippen LogP contribution is -2.64. The van der Waals surface area contributed by atoms with Gasteiger partial charge < -0.3 is 42.6 Å². The lowest BCUT2D eigenvalue weighted by Gasteiger charge is -2.48. The van der Waals surface area contributed by atoms with E-state index in [0.29, 0.717) is 6.42 Å². The first-order valence-electron chi connectivity index (χ1n) is 19.7. The Morgan fingerprint density at radius 1 is 0.517 bits per heavy atom. The Balaban J connectivity index is 1.17. The number of carbonyl (C=O) groups excluding carboxylic acids is 4. The maximum atomic E-state index is 14.0. The average molecular weight is 815 g/mol. The number of rotatable bonds is 12. The standard InChI is InChI=1S/C47H42O13/c48-42(30-16-6-1-7-17-30)53-29-37-39(57-43(49)31-18-8-2-9-19-31)40(58-44(50)32-20-10-3-11-21-32)41(59-45(51)33-22-12-4-13-23-33)47(56-37)55-35-26-27-52-36-28-54-46(60-38(35)36)34-24-14-5-15-25-34/h1-25,35-41,46-47H,26-29H2/t35-,36-,37-,38-,39+,40+,41-,46+,47-/m1/s1. The van der Waals surface area contributed by atoms with Gasteiger partial charge in [0.15, 0.2) is 30.9 Å². The van der Waals surface area contributed by atoms with Crippen LogP contribution in [0.25, 0.3) is 0 Å². The average Bonchev–Trinajstić information content (AvgIpc) is 3.31. The van der Waals surface area contributed by atoms with Crippen LogP contribution >= 0.6 is 0 Å². The number of ether oxygens (including phenoxy) is 9. The molecule has 3 aliphatic heterocycles. The summed E-state index contributed by atoms with van der Waals surface area (Å²) in [5.41, 5.74) is 1.59. The van der Waals surface area contributed by atoms with E-state index in [0.717, 1.165) is 5.56 Å². The van der Waals surface area contributed by atoms with Gasteiger partial charge in [-0.15, -0.1) is 0 Å². The highest BCUT2D eigenvalue weighted by Gasteiger charge is 2.55. The van der Waals surface area contributed by atoms with E-state index in [1.54, 1.807) is 121 Å². The third-order valence-corrected chi connectivity index (χ3v) is 10.3. The number of esters is 4. The maximum Gasteiger partial charge on any atom is 0.338 e. The number of fused-ring (bicyclic) bond motifs is 1. The topological polar surface area (TPSA) is 151 Å². The fourth-order valence-electron chi connectivity index (χ4n) is 7.26. The van der Waals surface area contributed by atoms with Crippen LogP contribution in [0.1, 0.15) is 59.7 Å². The van der Waals surface area contributed by atoms with Crippen LogP contribution in [-0.4, -0.2) is 92.7 Å². The van der Waals surface area contributed by atoms with E-state index in [1.807, 2.05) is 30.3 Å². The molecule has 3 fully saturated rings. The predicted molar refractivity (Wildman–Crippen MR) is 212 cm³/mol. The van der Waals surface area contributed by atoms with Gasteiger partial charge in [-0.3, -0.25) is 0 Å². The molecule has 13 nitrogen and oxygen atoms in total. The zero-order chi connectivity index (χ0) is 41.3. The highest BCUT2D eigenvalue weighted by molar-refractivity contribution is 5.91. The van der Waals surface area contributed by atoms with Crippen molar-refractivity contribution in [3.63, 3.8) is 0 Å². The summed E-state index contributed by atoms with van der Waals surface area (Å²) in [6.45, 7) is -0.00810. The van der Waals surface area contributed by atoms with E-state index < -0.39 is 85.8 Å². The number of hydrogen-bond acceptors (Lipinski definition) is 13. The highest BCUT2D eigenvalue weighted by Crippen LogP contribution is 2.37. The lowest BCUT2D eigenvalue weighted by molar-refractivity contribution is -0.349. The van der Waals surface area contributed by atoms with Crippen molar-refractivity contribution in [2.24, 2.45) is 0 Å². The molecule has 0 bridgehead atoms. The summed E-state index contributed by atoms with van der Waals surface area (Å²) in [4.78, 5) is 55.2. The number of benzene rings is 5. The van der Waals surface area contributed by atoms with Gasteiger partial charge in [0.2, 0.25) is 0 Å². The van der Waals surface area contributed by atoms with Gasteiger partial charge in [0.05, 0.1) is 35.0 Å². The van der Waals surface area contributed by atoms with Crippen molar-refractivity contribution >= 4 is 23.9 Å². The molecule has 5 aromatic carbocycles. The van der Waals surface area contributed by atoms with Crippen LogP contribution in [-0.2, 0) is 42.6 Å². The van der Waals surface area contributed by atoms with Gasteiger partial charge in [-0.25, -0.2) is 19.2 Å². The predicted octanol–water partition coefficient (Wildman–Crippen LogP) is 6.53. The van der Waals surface area contributed by atoms with Crippen molar-refractivity contribution in [1.29, 1.82) is 0 Å². The normalized spacial score (nSPS) is 26.1. The van der Waals surface area contributed by atoms with E-state index >= 15 is 0 Å². The van der Waals surface area contributed by atoms with E-state index in [9.17, 15) is 19.2 Å². The van der Waals surface area contributed by atoms with Gasteiger partial charge in [-0.1, -0.05) is 103 Å². The van der Waals surface area contributed by atoms with Crippen molar-refractivity contribution in [1.82, 2.24) is 0 Å². The molecular formula is C47H42O13. The minimum absolute atomic E-state index is 0.171. The summed E-state index contributed by atoms with van der Waals surface area (Å²) in [7, 11) is 0. The number of hydrogen-bond donors (Lipinski definition) is 0. The van der Waals surface area contributed by atoms with Crippen LogP contribution in [0.3, 0.4) is 0 Å². The van der Waals surface area contributed by atoms with Crippen LogP contribution in [0.2, 0.25) is 0 Å². The van der Waals surface area contributed by atoms with Gasteiger partial charge in [0.1, 0.15) is 24.9 Å². The Labute approximate surface area is 346 Å². The summed E-state index contributed by atoms with van der Waals surface area (Å²) in [5, 5.41) is 0. The summed E-state index contributed by atoms with van der Waals surface area (Å²) in [5.74, 6) is -3.09. The second-order valence-electron chi connectivity index (χ2n) is 14.3. The summed E-state index contributed by atoms with van der Waals surface area (Å²) < 4.78 is 56.3. The van der Waals surface area contributed by atoms with E-state index in [1.165, 1.54) is 0 Å². The van der Waals surface area contributed by atoms with Crippen molar-refractivity contribution in [3.05, 3.63) is 179 Å². The van der Waals surface area contributed by atoms with E-state index in [2.05, 4.69) is 0 Å². The molecule has 9 atom stereocenters. The van der Waals surface area contributed by atoms with Crippen LogP contribution < -0.4 is 0 Å². The third-order valence-electron chi connectivity index (χ3n) is 10.3. The zero-order valence-corrected chi connectivity index (χ0v) is 32.3. The first-order valence-corrected chi connectivity index (χ1v) is 19.7. The molecule has 3 saturated heterocycles. The van der Waals surface area contributed by atoms with Gasteiger partial charge in [-0.2, -0.15) is 0 Å². The molecule has 308 valence electrons. The molecule has 0 N–H and O–H groups in total. The van der Waals surface area contributed by atoms with Crippen LogP contribution in [0.5, 0.6) is 0 Å². The van der Waals surface area contributed by atoms with Crippen molar-refractivity contribution in [2.75, 3.05) is 19.8 Å². The Bertz CT molecular complexity index is 2190. The Hall–Kier alpha value is -6.22. The largest absolute Gasteiger partial charge is 0.459 e. The maximum absolute atomic E-state index is 14.0. The molecule has 0 unspecified atom stereocenters. The molecule has 3 aliphatic rings. The first-order chi connectivity index (χ1) is 29.4. The van der Waals surface area contributed by atoms with Crippen LogP contribution in [0.15, 0.2) is 152 Å². The lowest BCUT2D eigenvalue weighted by atomic mass is 9.96. The Morgan fingerprint density at radius 2 is 0.983 bits per heavy atom. The van der Waals surface area contributed by atoms with E-state index in [4.69, 9.17) is 42.6 Å². The van der Waals surface area contributed by atoms with Crippen molar-refractivity contribution in [3.8, 4) is 0 Å². The fourth-order valence-corrected chi connectivity index (χ4v) is 7.26. The van der Waals surface area contributed by atoms with Gasteiger partial charge >= 0.3 is 23.9 Å². The molecule has 13 heteroatoms. The zero-order valence-electron chi connectivity index (χ0n) is 32.3. The van der Waals surface area contributed by atoms with Crippen LogP contribution in [0, 0.1) is 0 Å². The molecule has 0 spiro atoms. The molecule has 0 aliphatic carbocycles. The van der Waals surface area contributed by atoms with Crippen molar-refractivity contribution in [2.45, 2.75) is 61.7 Å². The third kappa shape index (κ3) is 9.63. The second-order valence-corrected chi connectivity index (χ2v) is 14.3. The molecule has 3 heterocycles. The molecule has 0 aromatic heterocycles. The molecule has 0 saturated carbocycles. The molecular weight excluding hydrogens is 773 g/mol. The molecule has 0 radical (unpaired) electrons. The minimum atomic E-state index is -1.57. The molecule has 60 heavy (non-hydrogen) atoms. The number of carbonyl (C=O) groups is 4. The summed E-state index contributed by atoms with van der Waals surface area (Å²) in [6.07, 6.45) is -9.78. The quantitative estimate of drug-likeness (QED) is 0.0993. The smallest absolute Gasteiger partial charge is 0.338 e. The highest BCUT2D eigenvalue weighted by atomic mass is 16.8. The van der Waals surface area contributed by atoms with E-state index in [-0.39, 0.29) is 35.5 Å². The van der Waals surface area contributed by atoms with Gasteiger partial charge in [0, 0.05) is 12.2 Å². The van der Waals surface area contributed by atoms with Crippen molar-refractivity contribution < 1.29 is 61.8 Å². The minimum Gasteiger partial charge on any atom is -0.459 e. The fraction of sp³-hybridized carbons (Fsp3) is 0.277. The van der Waals surface area contributed by atoms with Crippen LogP contribution in [0.4, 0.5) is 0 Å². The SMILES string of the molecule is O=C(OC[C@H]1O[C@@H](O[C@@H]2CCO[C@@H]3CO[C@H](c4ccccc4)O[C@@H]32)[C@H](OC(=O)c2ccccc2)[C@@H](OC(=O)c2ccccc2)[C@H]1OC(=O)c1ccccc1)c1ccccc1.